The molecule has 2 aromatic rings. The Hall–Kier alpha value is -3.49. The van der Waals surface area contributed by atoms with Gasteiger partial charge in [-0.3, -0.25) is 4.79 Å². The van der Waals surface area contributed by atoms with Crippen molar-refractivity contribution in [3.05, 3.63) is 59.7 Å². The zero-order valence-electron chi connectivity index (χ0n) is 17.9. The molecule has 33 heavy (non-hydrogen) atoms. The molecule has 4 rings (SSSR count). The van der Waals surface area contributed by atoms with E-state index in [4.69, 9.17) is 9.84 Å². The molecule has 1 fully saturated rings. The number of alkyl carbamates (subject to hydrolysis) is 1. The molecule has 2 amide bonds. The summed E-state index contributed by atoms with van der Waals surface area (Å²) in [4.78, 5) is 35.3. The van der Waals surface area contributed by atoms with Gasteiger partial charge in [0, 0.05) is 12.5 Å². The van der Waals surface area contributed by atoms with E-state index in [-0.39, 0.29) is 18.9 Å². The Balaban J connectivity index is 1.32. The monoisotopic (exact) mass is 458 g/mol. The minimum Gasteiger partial charge on any atom is -0.480 e. The van der Waals surface area contributed by atoms with Crippen LogP contribution in [0.5, 0.6) is 0 Å². The fourth-order valence-corrected chi connectivity index (χ4v) is 4.44. The number of hydrogen-bond donors (Lipinski definition) is 3. The molecule has 2 aliphatic carbocycles. The summed E-state index contributed by atoms with van der Waals surface area (Å²) in [6, 6.07) is 14.4. The molecule has 1 saturated carbocycles. The van der Waals surface area contributed by atoms with Crippen LogP contribution in [-0.2, 0) is 14.3 Å². The van der Waals surface area contributed by atoms with Gasteiger partial charge >= 0.3 is 12.1 Å². The smallest absolute Gasteiger partial charge is 0.407 e. The van der Waals surface area contributed by atoms with Crippen LogP contribution in [0.25, 0.3) is 11.1 Å². The van der Waals surface area contributed by atoms with E-state index in [1.807, 2.05) is 48.5 Å². The van der Waals surface area contributed by atoms with E-state index >= 15 is 0 Å². The lowest BCUT2D eigenvalue weighted by Crippen LogP contribution is -2.42. The number of rotatable bonds is 8. The van der Waals surface area contributed by atoms with Crippen LogP contribution in [0.2, 0.25) is 0 Å². The predicted octanol–water partition coefficient (Wildman–Crippen LogP) is 3.39. The number of aliphatic carboxylic acids is 1. The number of carbonyl (C=O) groups excluding carboxylic acids is 2. The second-order valence-electron chi connectivity index (χ2n) is 8.27. The third kappa shape index (κ3) is 4.27. The van der Waals surface area contributed by atoms with Crippen LogP contribution < -0.4 is 10.6 Å². The number of carboxylic acid groups (broad SMARTS) is 1. The van der Waals surface area contributed by atoms with Gasteiger partial charge in [0.1, 0.15) is 18.6 Å². The molecule has 3 atom stereocenters. The molecule has 174 valence electrons. The lowest BCUT2D eigenvalue weighted by atomic mass is 9.98. The molecule has 0 radical (unpaired) electrons. The molecular weight excluding hydrogens is 434 g/mol. The van der Waals surface area contributed by atoms with Gasteiger partial charge in [-0.2, -0.15) is 0 Å². The first-order valence-corrected chi connectivity index (χ1v) is 10.8. The van der Waals surface area contributed by atoms with Gasteiger partial charge in [0.05, 0.1) is 5.92 Å². The highest BCUT2D eigenvalue weighted by Crippen LogP contribution is 2.55. The Morgan fingerprint density at radius 1 is 1.06 bits per heavy atom. The van der Waals surface area contributed by atoms with Crippen LogP contribution in [0, 0.1) is 11.8 Å². The average molecular weight is 458 g/mol. The molecule has 0 saturated heterocycles. The first-order valence-electron chi connectivity index (χ1n) is 10.8. The van der Waals surface area contributed by atoms with E-state index in [9.17, 15) is 23.2 Å². The average Bonchev–Trinajstić information content (AvgIpc) is 3.20. The van der Waals surface area contributed by atoms with E-state index in [2.05, 4.69) is 10.6 Å². The number of alkyl halides is 2. The van der Waals surface area contributed by atoms with Crippen LogP contribution in [0.1, 0.15) is 30.4 Å². The van der Waals surface area contributed by atoms with Crippen molar-refractivity contribution in [1.29, 1.82) is 0 Å². The van der Waals surface area contributed by atoms with Gasteiger partial charge in [-0.25, -0.2) is 18.4 Å². The number of carboxylic acids is 1. The van der Waals surface area contributed by atoms with Crippen LogP contribution in [0.15, 0.2) is 48.5 Å². The zero-order valence-corrected chi connectivity index (χ0v) is 17.9. The maximum atomic E-state index is 14.1. The molecule has 2 aromatic carbocycles. The summed E-state index contributed by atoms with van der Waals surface area (Å²) in [5.41, 5.74) is 4.20. The van der Waals surface area contributed by atoms with E-state index < -0.39 is 48.3 Å². The van der Waals surface area contributed by atoms with Gasteiger partial charge in [-0.05, 0) is 28.7 Å². The third-order valence-electron chi connectivity index (χ3n) is 6.32. The molecule has 7 nitrogen and oxygen atoms in total. The van der Waals surface area contributed by atoms with Crippen molar-refractivity contribution < 1.29 is 33.0 Å². The van der Waals surface area contributed by atoms with E-state index in [0.29, 0.717) is 0 Å². The van der Waals surface area contributed by atoms with Crippen LogP contribution in [0.4, 0.5) is 13.6 Å². The first-order chi connectivity index (χ1) is 15.8. The molecule has 0 aliphatic heterocycles. The van der Waals surface area contributed by atoms with Gasteiger partial charge in [-0.15, -0.1) is 0 Å². The predicted molar refractivity (Wildman–Crippen MR) is 115 cm³/mol. The van der Waals surface area contributed by atoms with E-state index in [1.54, 1.807) is 0 Å². The molecule has 3 N–H and O–H groups in total. The van der Waals surface area contributed by atoms with Crippen LogP contribution in [0.3, 0.4) is 0 Å². The van der Waals surface area contributed by atoms with Crippen LogP contribution >= 0.6 is 0 Å². The normalized spacial score (nSPS) is 20.8. The van der Waals surface area contributed by atoms with Gasteiger partial charge in [0.25, 0.3) is 5.92 Å². The molecule has 0 unspecified atom stereocenters. The second-order valence-corrected chi connectivity index (χ2v) is 8.27. The summed E-state index contributed by atoms with van der Waals surface area (Å²) < 4.78 is 33.5. The quantitative estimate of drug-likeness (QED) is 0.563. The Morgan fingerprint density at radius 2 is 1.64 bits per heavy atom. The third-order valence-corrected chi connectivity index (χ3v) is 6.32. The summed E-state index contributed by atoms with van der Waals surface area (Å²) in [5, 5.41) is 13.4. The molecule has 0 spiro atoms. The molecule has 0 heterocycles. The molecule has 9 heteroatoms. The highest BCUT2D eigenvalue weighted by atomic mass is 19.3. The van der Waals surface area contributed by atoms with E-state index in [0.717, 1.165) is 22.3 Å². The van der Waals surface area contributed by atoms with Gasteiger partial charge in [-0.1, -0.05) is 55.5 Å². The number of carbonyl (C=O) groups is 3. The fraction of sp³-hybridized carbons (Fsp3) is 0.375. The van der Waals surface area contributed by atoms with Crippen molar-refractivity contribution in [2.45, 2.75) is 31.2 Å². The topological polar surface area (TPSA) is 105 Å². The van der Waals surface area contributed by atoms with E-state index in [1.165, 1.54) is 6.92 Å². The Labute approximate surface area is 189 Å². The highest BCUT2D eigenvalue weighted by Gasteiger charge is 2.71. The zero-order chi connectivity index (χ0) is 23.8. The standard InChI is InChI=1S/C24H24F2N2O5/c1-2-19(22(30)31)28-21(29)20-18(24(20,25)26)11-27-23(32)33-12-17-15-9-5-3-7-13(15)14-8-4-6-10-16(14)17/h3-10,17-20H,2,11-12H2,1H3,(H,27,32)(H,28,29)(H,30,31)/t18-,19+,20-/m0/s1. The van der Waals surface area contributed by atoms with Crippen molar-refractivity contribution in [1.82, 2.24) is 10.6 Å². The van der Waals surface area contributed by atoms with Crippen molar-refractivity contribution in [2.24, 2.45) is 11.8 Å². The van der Waals surface area contributed by atoms with Gasteiger partial charge < -0.3 is 20.5 Å². The lowest BCUT2D eigenvalue weighted by Gasteiger charge is -2.14. The number of amides is 2. The van der Waals surface area contributed by atoms with Gasteiger partial charge in [0.15, 0.2) is 0 Å². The molecular formula is C24H24F2N2O5. The number of nitrogens with one attached hydrogen (secondary N) is 2. The Kier molecular flexibility index (Phi) is 6.05. The number of halogens is 2. The summed E-state index contributed by atoms with van der Waals surface area (Å²) >= 11 is 0. The Bertz CT molecular complexity index is 1040. The summed E-state index contributed by atoms with van der Waals surface area (Å²) in [6.45, 7) is 1.12. The van der Waals surface area contributed by atoms with Gasteiger partial charge in [0.2, 0.25) is 5.91 Å². The summed E-state index contributed by atoms with van der Waals surface area (Å²) in [7, 11) is 0. The number of fused-ring (bicyclic) bond motifs is 3. The molecule has 0 aromatic heterocycles. The van der Waals surface area contributed by atoms with Crippen molar-refractivity contribution in [3.8, 4) is 11.1 Å². The fourth-order valence-electron chi connectivity index (χ4n) is 4.44. The Morgan fingerprint density at radius 3 is 2.18 bits per heavy atom. The maximum Gasteiger partial charge on any atom is 0.407 e. The number of hydrogen-bond acceptors (Lipinski definition) is 4. The molecule has 2 aliphatic rings. The largest absolute Gasteiger partial charge is 0.480 e. The highest BCUT2D eigenvalue weighted by molar-refractivity contribution is 5.88. The SMILES string of the molecule is CC[C@@H](NC(=O)[C@@H]1[C@H](CNC(=O)OCC2c3ccccc3-c3ccccc32)C1(F)F)C(=O)O. The first kappa shape index (κ1) is 22.7. The van der Waals surface area contributed by atoms with Crippen LogP contribution in [-0.4, -0.2) is 48.2 Å². The number of benzene rings is 2. The summed E-state index contributed by atoms with van der Waals surface area (Å²) in [5.74, 6) is -8.90. The van der Waals surface area contributed by atoms with Crippen molar-refractivity contribution in [2.75, 3.05) is 13.2 Å². The maximum absolute atomic E-state index is 14.1. The number of ether oxygens (including phenoxy) is 1. The van der Waals surface area contributed by atoms with Crippen molar-refractivity contribution >= 4 is 18.0 Å². The minimum atomic E-state index is -3.32. The minimum absolute atomic E-state index is 0.0433. The molecule has 0 bridgehead atoms. The summed E-state index contributed by atoms with van der Waals surface area (Å²) in [6.07, 6.45) is -0.780. The lowest BCUT2D eigenvalue weighted by molar-refractivity contribution is -0.142. The van der Waals surface area contributed by atoms with Crippen molar-refractivity contribution in [3.63, 3.8) is 0 Å². The second kappa shape index (κ2) is 8.80.